The van der Waals surface area contributed by atoms with E-state index in [0.717, 1.165) is 61.2 Å². The molecule has 4 nitrogen and oxygen atoms in total. The lowest BCUT2D eigenvalue weighted by Gasteiger charge is -2.32. The maximum Gasteiger partial charge on any atom is 0.258 e. The highest BCUT2D eigenvalue weighted by Gasteiger charge is 2.15. The molecule has 0 saturated carbocycles. The van der Waals surface area contributed by atoms with Crippen LogP contribution in [0.3, 0.4) is 0 Å². The summed E-state index contributed by atoms with van der Waals surface area (Å²) < 4.78 is 1.89. The molecule has 4 rings (SSSR count). The van der Waals surface area contributed by atoms with Crippen LogP contribution in [-0.2, 0) is 6.54 Å². The summed E-state index contributed by atoms with van der Waals surface area (Å²) in [5, 5.41) is 1.83. The minimum absolute atomic E-state index is 0.106. The largest absolute Gasteiger partial charge is 0.313 e. The normalized spacial score (nSPS) is 16.2. The number of piperazine rings is 1. The molecule has 1 aromatic heterocycles. The Morgan fingerprint density at radius 3 is 2.19 bits per heavy atom. The van der Waals surface area contributed by atoms with Gasteiger partial charge in [-0.2, -0.15) is 0 Å². The summed E-state index contributed by atoms with van der Waals surface area (Å²) in [6, 6.07) is 18.3. The van der Waals surface area contributed by atoms with Crippen molar-refractivity contribution in [2.45, 2.75) is 6.54 Å². The SMILES string of the molecule is CN1CCN(CCn2cc(-c3ccccc3)c3ccccc3c2=O)CC1. The van der Waals surface area contributed by atoms with Gasteiger partial charge in [0.1, 0.15) is 0 Å². The van der Waals surface area contributed by atoms with Crippen molar-refractivity contribution in [3.63, 3.8) is 0 Å². The molecule has 0 N–H and O–H groups in total. The van der Waals surface area contributed by atoms with Gasteiger partial charge in [-0.25, -0.2) is 0 Å². The monoisotopic (exact) mass is 347 g/mol. The second-order valence-electron chi connectivity index (χ2n) is 7.10. The second-order valence-corrected chi connectivity index (χ2v) is 7.10. The first-order valence-corrected chi connectivity index (χ1v) is 9.31. The molecule has 0 amide bonds. The van der Waals surface area contributed by atoms with Crippen molar-refractivity contribution in [3.8, 4) is 11.1 Å². The third-order valence-corrected chi connectivity index (χ3v) is 5.33. The molecule has 4 heteroatoms. The Morgan fingerprint density at radius 1 is 0.808 bits per heavy atom. The van der Waals surface area contributed by atoms with Crippen LogP contribution in [0, 0.1) is 0 Å². The first-order chi connectivity index (χ1) is 12.7. The minimum Gasteiger partial charge on any atom is -0.313 e. The van der Waals surface area contributed by atoms with Gasteiger partial charge in [0.05, 0.1) is 0 Å². The Bertz CT molecular complexity index is 941. The van der Waals surface area contributed by atoms with Gasteiger partial charge in [0.15, 0.2) is 0 Å². The van der Waals surface area contributed by atoms with Gasteiger partial charge in [0.25, 0.3) is 5.56 Å². The fraction of sp³-hybridized carbons (Fsp3) is 0.318. The third kappa shape index (κ3) is 3.43. The van der Waals surface area contributed by atoms with Crippen molar-refractivity contribution in [1.82, 2.24) is 14.4 Å². The van der Waals surface area contributed by atoms with Crippen molar-refractivity contribution in [2.24, 2.45) is 0 Å². The summed E-state index contributed by atoms with van der Waals surface area (Å²) in [6.07, 6.45) is 2.04. The molecule has 2 aromatic carbocycles. The first-order valence-electron chi connectivity index (χ1n) is 9.31. The standard InChI is InChI=1S/C22H25N3O/c1-23-11-13-24(14-12-23)15-16-25-17-21(18-7-3-2-4-8-18)19-9-5-6-10-20(19)22(25)26/h2-10,17H,11-16H2,1H3. The number of hydrogen-bond donors (Lipinski definition) is 0. The maximum absolute atomic E-state index is 13.0. The molecule has 1 aliphatic heterocycles. The van der Waals surface area contributed by atoms with Gasteiger partial charge in [-0.05, 0) is 24.1 Å². The molecule has 1 saturated heterocycles. The maximum atomic E-state index is 13.0. The van der Waals surface area contributed by atoms with Gasteiger partial charge in [-0.15, -0.1) is 0 Å². The number of likely N-dealkylation sites (N-methyl/N-ethyl adjacent to an activating group) is 1. The van der Waals surface area contributed by atoms with Crippen molar-refractivity contribution in [1.29, 1.82) is 0 Å². The van der Waals surface area contributed by atoms with E-state index in [1.54, 1.807) is 0 Å². The van der Waals surface area contributed by atoms with Crippen molar-refractivity contribution >= 4 is 10.8 Å². The van der Waals surface area contributed by atoms with E-state index in [9.17, 15) is 4.79 Å². The quantitative estimate of drug-likeness (QED) is 0.726. The van der Waals surface area contributed by atoms with Gasteiger partial charge in [0.2, 0.25) is 0 Å². The summed E-state index contributed by atoms with van der Waals surface area (Å²) in [7, 11) is 2.16. The highest BCUT2D eigenvalue weighted by atomic mass is 16.1. The van der Waals surface area contributed by atoms with Crippen LogP contribution >= 0.6 is 0 Å². The molecular weight excluding hydrogens is 322 g/mol. The van der Waals surface area contributed by atoms with Crippen LogP contribution in [-0.4, -0.2) is 54.1 Å². The summed E-state index contributed by atoms with van der Waals surface area (Å²) in [6.45, 7) is 5.99. The summed E-state index contributed by atoms with van der Waals surface area (Å²) in [5.74, 6) is 0. The third-order valence-electron chi connectivity index (χ3n) is 5.33. The zero-order valence-electron chi connectivity index (χ0n) is 15.3. The molecule has 0 unspecified atom stereocenters. The molecular formula is C22H25N3O. The number of nitrogens with zero attached hydrogens (tertiary/aromatic N) is 3. The van der Waals surface area contributed by atoms with Crippen molar-refractivity contribution < 1.29 is 0 Å². The summed E-state index contributed by atoms with van der Waals surface area (Å²) >= 11 is 0. The highest BCUT2D eigenvalue weighted by Crippen LogP contribution is 2.26. The number of fused-ring (bicyclic) bond motifs is 1. The van der Waals surface area contributed by atoms with Gasteiger partial charge in [0, 0.05) is 56.4 Å². The molecule has 0 radical (unpaired) electrons. The molecule has 1 aliphatic rings. The summed E-state index contributed by atoms with van der Waals surface area (Å²) in [5.41, 5.74) is 2.38. The molecule has 0 atom stereocenters. The van der Waals surface area contributed by atoms with Crippen molar-refractivity contribution in [3.05, 3.63) is 71.1 Å². The molecule has 3 aromatic rings. The lowest BCUT2D eigenvalue weighted by atomic mass is 10.0. The second kappa shape index (κ2) is 7.44. The van der Waals surface area contributed by atoms with Crippen molar-refractivity contribution in [2.75, 3.05) is 39.8 Å². The van der Waals surface area contributed by atoms with Crippen LogP contribution in [0.2, 0.25) is 0 Å². The highest BCUT2D eigenvalue weighted by molar-refractivity contribution is 5.95. The molecule has 134 valence electrons. The average molecular weight is 347 g/mol. The predicted molar refractivity (Wildman–Crippen MR) is 108 cm³/mol. The van der Waals surface area contributed by atoms with Crippen LogP contribution in [0.25, 0.3) is 21.9 Å². The van der Waals surface area contributed by atoms with Gasteiger partial charge in [-0.1, -0.05) is 48.5 Å². The van der Waals surface area contributed by atoms with Crippen LogP contribution in [0.5, 0.6) is 0 Å². The van der Waals surface area contributed by atoms with Gasteiger partial charge in [-0.3, -0.25) is 9.69 Å². The van der Waals surface area contributed by atoms with E-state index >= 15 is 0 Å². The van der Waals surface area contributed by atoms with Crippen LogP contribution < -0.4 is 5.56 Å². The van der Waals surface area contributed by atoms with E-state index in [1.807, 2.05) is 53.2 Å². The minimum atomic E-state index is 0.106. The Hall–Kier alpha value is -2.43. The number of hydrogen-bond acceptors (Lipinski definition) is 3. The lowest BCUT2D eigenvalue weighted by molar-refractivity contribution is 0.150. The molecule has 26 heavy (non-hydrogen) atoms. The van der Waals surface area contributed by atoms with E-state index in [1.165, 1.54) is 0 Å². The molecule has 2 heterocycles. The fourth-order valence-electron chi connectivity index (χ4n) is 3.68. The van der Waals surface area contributed by atoms with Crippen LogP contribution in [0.4, 0.5) is 0 Å². The van der Waals surface area contributed by atoms with E-state index in [4.69, 9.17) is 0 Å². The van der Waals surface area contributed by atoms with Gasteiger partial charge >= 0.3 is 0 Å². The van der Waals surface area contributed by atoms with E-state index < -0.39 is 0 Å². The Morgan fingerprint density at radius 2 is 1.46 bits per heavy atom. The smallest absolute Gasteiger partial charge is 0.258 e. The number of pyridine rings is 1. The topological polar surface area (TPSA) is 28.5 Å². The predicted octanol–water partition coefficient (Wildman–Crippen LogP) is 2.92. The Labute approximate surface area is 154 Å². The number of benzene rings is 2. The van der Waals surface area contributed by atoms with Gasteiger partial charge < -0.3 is 9.47 Å². The average Bonchev–Trinajstić information content (AvgIpc) is 2.69. The first kappa shape index (κ1) is 17.0. The van der Waals surface area contributed by atoms with E-state index in [0.29, 0.717) is 0 Å². The molecule has 1 fully saturated rings. The Kier molecular flexibility index (Phi) is 4.87. The molecule has 0 spiro atoms. The van der Waals surface area contributed by atoms with Crippen LogP contribution in [0.15, 0.2) is 65.6 Å². The zero-order chi connectivity index (χ0) is 17.9. The number of rotatable bonds is 4. The molecule has 0 aliphatic carbocycles. The lowest BCUT2D eigenvalue weighted by Crippen LogP contribution is -2.45. The number of aromatic nitrogens is 1. The fourth-order valence-corrected chi connectivity index (χ4v) is 3.68. The van der Waals surface area contributed by atoms with E-state index in [-0.39, 0.29) is 5.56 Å². The van der Waals surface area contributed by atoms with E-state index in [2.05, 4.69) is 29.0 Å². The van der Waals surface area contributed by atoms with Crippen LogP contribution in [0.1, 0.15) is 0 Å². The zero-order valence-corrected chi connectivity index (χ0v) is 15.3. The molecule has 0 bridgehead atoms. The summed E-state index contributed by atoms with van der Waals surface area (Å²) in [4.78, 5) is 17.8. The Balaban J connectivity index is 1.69.